The van der Waals surface area contributed by atoms with Crippen molar-refractivity contribution in [3.05, 3.63) is 34.3 Å². The summed E-state index contributed by atoms with van der Waals surface area (Å²) in [5.41, 5.74) is 3.54. The zero-order chi connectivity index (χ0) is 10.8. The molecule has 0 N–H and O–H groups in total. The highest BCUT2D eigenvalue weighted by molar-refractivity contribution is 6.30. The lowest BCUT2D eigenvalue weighted by Crippen LogP contribution is -2.12. The highest BCUT2D eigenvalue weighted by atomic mass is 35.5. The SMILES string of the molecule is CC(C)(C)C1C2Cc3cc(Cl)ccc3C21. The molecule has 3 rings (SSSR count). The molecule has 0 radical (unpaired) electrons. The molecule has 0 amide bonds. The van der Waals surface area contributed by atoms with E-state index in [1.807, 2.05) is 6.07 Å². The van der Waals surface area contributed by atoms with Crippen LogP contribution in [0.25, 0.3) is 0 Å². The molecule has 15 heavy (non-hydrogen) atoms. The van der Waals surface area contributed by atoms with Crippen LogP contribution in [0.15, 0.2) is 18.2 Å². The van der Waals surface area contributed by atoms with Crippen LogP contribution in [0, 0.1) is 17.3 Å². The fourth-order valence-electron chi connectivity index (χ4n) is 3.56. The van der Waals surface area contributed by atoms with Gasteiger partial charge in [0.25, 0.3) is 0 Å². The summed E-state index contributed by atoms with van der Waals surface area (Å²) in [6.45, 7) is 7.10. The molecule has 0 saturated heterocycles. The largest absolute Gasteiger partial charge is 0.0843 e. The van der Waals surface area contributed by atoms with E-state index in [-0.39, 0.29) is 0 Å². The Bertz CT molecular complexity index is 414. The van der Waals surface area contributed by atoms with Crippen molar-refractivity contribution in [3.8, 4) is 0 Å². The second-order valence-corrected chi connectivity index (χ2v) is 6.57. The van der Waals surface area contributed by atoms with Crippen molar-refractivity contribution < 1.29 is 0 Å². The van der Waals surface area contributed by atoms with E-state index in [1.165, 1.54) is 12.0 Å². The summed E-state index contributed by atoms with van der Waals surface area (Å²) < 4.78 is 0. The molecule has 1 aromatic carbocycles. The van der Waals surface area contributed by atoms with Crippen molar-refractivity contribution in [3.63, 3.8) is 0 Å². The first-order chi connectivity index (χ1) is 6.98. The Hall–Kier alpha value is -0.490. The van der Waals surface area contributed by atoms with E-state index in [1.54, 1.807) is 5.56 Å². The number of fused-ring (bicyclic) bond motifs is 3. The maximum atomic E-state index is 6.01. The van der Waals surface area contributed by atoms with E-state index in [0.717, 1.165) is 22.8 Å². The third-order valence-corrected chi connectivity index (χ3v) is 4.32. The number of benzene rings is 1. The van der Waals surface area contributed by atoms with E-state index < -0.39 is 0 Å². The van der Waals surface area contributed by atoms with Gasteiger partial charge in [-0.1, -0.05) is 38.4 Å². The molecule has 3 atom stereocenters. The van der Waals surface area contributed by atoms with Gasteiger partial charge in [-0.2, -0.15) is 0 Å². The average Bonchev–Trinajstić information content (AvgIpc) is 2.70. The molecule has 1 saturated carbocycles. The smallest absolute Gasteiger partial charge is 0.0408 e. The fraction of sp³-hybridized carbons (Fsp3) is 0.571. The monoisotopic (exact) mass is 220 g/mol. The molecular formula is C14H17Cl. The molecule has 0 aromatic heterocycles. The normalized spacial score (nSPS) is 32.4. The predicted octanol–water partition coefficient (Wildman–Crippen LogP) is 4.27. The van der Waals surface area contributed by atoms with E-state index in [0.29, 0.717) is 5.41 Å². The first-order valence-electron chi connectivity index (χ1n) is 5.77. The number of hydrogen-bond donors (Lipinski definition) is 0. The summed E-state index contributed by atoms with van der Waals surface area (Å²) in [6.07, 6.45) is 1.25. The summed E-state index contributed by atoms with van der Waals surface area (Å²) in [5, 5.41) is 0.891. The Labute approximate surface area is 96.6 Å². The van der Waals surface area contributed by atoms with Crippen molar-refractivity contribution in [2.75, 3.05) is 0 Å². The topological polar surface area (TPSA) is 0 Å². The summed E-state index contributed by atoms with van der Waals surface area (Å²) in [5.74, 6) is 2.63. The summed E-state index contributed by atoms with van der Waals surface area (Å²) in [7, 11) is 0. The van der Waals surface area contributed by atoms with Crippen LogP contribution in [0.1, 0.15) is 37.8 Å². The van der Waals surface area contributed by atoms with Gasteiger partial charge in [0.2, 0.25) is 0 Å². The highest BCUT2D eigenvalue weighted by Crippen LogP contribution is 2.67. The fourth-order valence-corrected chi connectivity index (χ4v) is 3.76. The third kappa shape index (κ3) is 1.34. The van der Waals surface area contributed by atoms with Crippen LogP contribution in [0.4, 0.5) is 0 Å². The van der Waals surface area contributed by atoms with Gasteiger partial charge in [-0.25, -0.2) is 0 Å². The minimum absolute atomic E-state index is 0.465. The standard InChI is InChI=1S/C14H17Cl/c1-14(2,3)13-11-7-8-6-9(15)4-5-10(8)12(11)13/h4-6,11-13H,7H2,1-3H3. The van der Waals surface area contributed by atoms with Crippen molar-refractivity contribution in [1.29, 1.82) is 0 Å². The van der Waals surface area contributed by atoms with Gasteiger partial charge in [-0.05, 0) is 52.8 Å². The van der Waals surface area contributed by atoms with Crippen molar-refractivity contribution in [2.45, 2.75) is 33.1 Å². The molecule has 0 spiro atoms. The van der Waals surface area contributed by atoms with E-state index >= 15 is 0 Å². The maximum absolute atomic E-state index is 6.01. The van der Waals surface area contributed by atoms with Crippen molar-refractivity contribution >= 4 is 11.6 Å². The Balaban J connectivity index is 1.94. The van der Waals surface area contributed by atoms with Gasteiger partial charge in [0, 0.05) is 5.02 Å². The van der Waals surface area contributed by atoms with E-state index in [9.17, 15) is 0 Å². The zero-order valence-corrected chi connectivity index (χ0v) is 10.3. The second kappa shape index (κ2) is 2.79. The lowest BCUT2D eigenvalue weighted by atomic mass is 9.84. The molecule has 1 aromatic rings. The first kappa shape index (κ1) is 9.72. The summed E-state index contributed by atoms with van der Waals surface area (Å²) in [6, 6.07) is 6.44. The van der Waals surface area contributed by atoms with Crippen LogP contribution >= 0.6 is 11.6 Å². The van der Waals surface area contributed by atoms with Crippen molar-refractivity contribution in [1.82, 2.24) is 0 Å². The molecule has 1 fully saturated rings. The molecule has 2 aliphatic rings. The molecule has 1 heteroatoms. The van der Waals surface area contributed by atoms with Gasteiger partial charge in [0.1, 0.15) is 0 Å². The van der Waals surface area contributed by atoms with Crippen LogP contribution in [0.2, 0.25) is 5.02 Å². The maximum Gasteiger partial charge on any atom is 0.0408 e. The quantitative estimate of drug-likeness (QED) is 0.613. The molecular weight excluding hydrogens is 204 g/mol. The lowest BCUT2D eigenvalue weighted by Gasteiger charge is -2.21. The molecule has 0 aliphatic heterocycles. The Morgan fingerprint density at radius 1 is 1.27 bits per heavy atom. The Morgan fingerprint density at radius 3 is 2.67 bits per heavy atom. The van der Waals surface area contributed by atoms with Crippen LogP contribution in [-0.2, 0) is 6.42 Å². The van der Waals surface area contributed by atoms with Gasteiger partial charge in [-0.15, -0.1) is 0 Å². The van der Waals surface area contributed by atoms with Crippen molar-refractivity contribution in [2.24, 2.45) is 17.3 Å². The average molecular weight is 221 g/mol. The van der Waals surface area contributed by atoms with Crippen LogP contribution < -0.4 is 0 Å². The number of halogens is 1. The van der Waals surface area contributed by atoms with Gasteiger partial charge in [-0.3, -0.25) is 0 Å². The summed E-state index contributed by atoms with van der Waals surface area (Å²) >= 11 is 6.01. The predicted molar refractivity (Wildman–Crippen MR) is 64.3 cm³/mol. The Kier molecular flexibility index (Phi) is 1.81. The minimum atomic E-state index is 0.465. The summed E-state index contributed by atoms with van der Waals surface area (Å²) in [4.78, 5) is 0. The highest BCUT2D eigenvalue weighted by Gasteiger charge is 2.59. The Morgan fingerprint density at radius 2 is 2.00 bits per heavy atom. The number of hydrogen-bond acceptors (Lipinski definition) is 0. The van der Waals surface area contributed by atoms with Gasteiger partial charge >= 0.3 is 0 Å². The third-order valence-electron chi connectivity index (χ3n) is 4.09. The molecule has 0 heterocycles. The molecule has 0 nitrogen and oxygen atoms in total. The van der Waals surface area contributed by atoms with Crippen LogP contribution in [0.5, 0.6) is 0 Å². The van der Waals surface area contributed by atoms with Crippen LogP contribution in [0.3, 0.4) is 0 Å². The number of rotatable bonds is 0. The van der Waals surface area contributed by atoms with Gasteiger partial charge in [0.15, 0.2) is 0 Å². The molecule has 80 valence electrons. The zero-order valence-electron chi connectivity index (χ0n) is 9.55. The van der Waals surface area contributed by atoms with Crippen LogP contribution in [-0.4, -0.2) is 0 Å². The van der Waals surface area contributed by atoms with E-state index in [4.69, 9.17) is 11.6 Å². The molecule has 3 unspecified atom stereocenters. The molecule has 0 bridgehead atoms. The minimum Gasteiger partial charge on any atom is -0.0843 e. The second-order valence-electron chi connectivity index (χ2n) is 6.13. The van der Waals surface area contributed by atoms with Gasteiger partial charge < -0.3 is 0 Å². The lowest BCUT2D eigenvalue weighted by molar-refractivity contribution is 0.321. The van der Waals surface area contributed by atoms with E-state index in [2.05, 4.69) is 32.9 Å². The first-order valence-corrected chi connectivity index (χ1v) is 6.14. The molecule has 2 aliphatic carbocycles. The van der Waals surface area contributed by atoms with Gasteiger partial charge in [0.05, 0.1) is 0 Å².